The number of hydrogen-bond acceptors (Lipinski definition) is 5. The number of aromatic nitrogens is 1. The highest BCUT2D eigenvalue weighted by molar-refractivity contribution is 7.99. The predicted molar refractivity (Wildman–Crippen MR) is 66.3 cm³/mol. The van der Waals surface area contributed by atoms with Crippen LogP contribution in [0.4, 0.5) is 5.13 Å². The van der Waals surface area contributed by atoms with Crippen molar-refractivity contribution in [1.82, 2.24) is 4.98 Å². The Hall–Kier alpha value is -0.550. The third-order valence-electron chi connectivity index (χ3n) is 2.59. The molecule has 0 N–H and O–H groups in total. The van der Waals surface area contributed by atoms with Gasteiger partial charge in [0.15, 0.2) is 10.9 Å². The molecular weight excluding hydrogens is 228 g/mol. The van der Waals surface area contributed by atoms with Crippen LogP contribution < -0.4 is 4.90 Å². The van der Waals surface area contributed by atoms with Crippen LogP contribution >= 0.6 is 23.1 Å². The fraction of sp³-hybridized carbons (Fsp3) is 0.600. The van der Waals surface area contributed by atoms with Crippen LogP contribution in [0.25, 0.3) is 0 Å². The molecule has 1 saturated heterocycles. The third kappa shape index (κ3) is 2.34. The number of Topliss-reactive ketones (excluding diaryl/α,β-unsaturated/α-hetero) is 1. The van der Waals surface area contributed by atoms with E-state index in [9.17, 15) is 4.79 Å². The van der Waals surface area contributed by atoms with Gasteiger partial charge in [-0.25, -0.2) is 4.98 Å². The summed E-state index contributed by atoms with van der Waals surface area (Å²) in [5, 5.41) is 1.71. The van der Waals surface area contributed by atoms with E-state index in [0.717, 1.165) is 28.3 Å². The maximum atomic E-state index is 11.1. The van der Waals surface area contributed by atoms with Gasteiger partial charge in [-0.2, -0.15) is 11.8 Å². The number of thioether (sulfide) groups is 1. The summed E-state index contributed by atoms with van der Waals surface area (Å²) in [4.78, 5) is 18.5. The van der Waals surface area contributed by atoms with Crippen LogP contribution in [0.2, 0.25) is 0 Å². The summed E-state index contributed by atoms with van der Waals surface area (Å²) < 4.78 is 0. The molecule has 1 aliphatic rings. The Bertz CT molecular complexity index is 364. The molecule has 0 spiro atoms. The Morgan fingerprint density at radius 3 is 3.07 bits per heavy atom. The van der Waals surface area contributed by atoms with Crippen LogP contribution in [-0.4, -0.2) is 35.4 Å². The minimum Gasteiger partial charge on any atom is -0.347 e. The SMILES string of the molecule is CSC1CCN(c2ncc(C(C)=O)s2)C1. The predicted octanol–water partition coefficient (Wildman–Crippen LogP) is 2.29. The average molecular weight is 242 g/mol. The number of thiazole rings is 1. The highest BCUT2D eigenvalue weighted by atomic mass is 32.2. The molecule has 0 bridgehead atoms. The van der Waals surface area contributed by atoms with Crippen molar-refractivity contribution in [1.29, 1.82) is 0 Å². The first-order valence-corrected chi connectivity index (χ1v) is 7.05. The van der Waals surface area contributed by atoms with E-state index >= 15 is 0 Å². The highest BCUT2D eigenvalue weighted by Crippen LogP contribution is 2.29. The summed E-state index contributed by atoms with van der Waals surface area (Å²) in [5.41, 5.74) is 0. The molecule has 3 nitrogen and oxygen atoms in total. The van der Waals surface area contributed by atoms with Gasteiger partial charge in [0.05, 0.1) is 11.1 Å². The Morgan fingerprint density at radius 1 is 1.73 bits per heavy atom. The second-order valence-corrected chi connectivity index (χ2v) is 5.80. The maximum absolute atomic E-state index is 11.1. The van der Waals surface area contributed by atoms with Crippen LogP contribution in [0.5, 0.6) is 0 Å². The summed E-state index contributed by atoms with van der Waals surface area (Å²) in [5.74, 6) is 0.111. The Labute approximate surface area is 97.9 Å². The molecule has 2 heterocycles. The number of ketones is 1. The second kappa shape index (κ2) is 4.53. The summed E-state index contributed by atoms with van der Waals surface area (Å²) in [6.45, 7) is 3.72. The van der Waals surface area contributed by atoms with Crippen molar-refractivity contribution in [3.8, 4) is 0 Å². The van der Waals surface area contributed by atoms with Gasteiger partial charge in [-0.15, -0.1) is 0 Å². The van der Waals surface area contributed by atoms with Crippen LogP contribution in [-0.2, 0) is 0 Å². The zero-order chi connectivity index (χ0) is 10.8. The number of anilines is 1. The van der Waals surface area contributed by atoms with Gasteiger partial charge < -0.3 is 4.90 Å². The average Bonchev–Trinajstić information content (AvgIpc) is 2.86. The molecule has 0 aliphatic carbocycles. The van der Waals surface area contributed by atoms with Crippen molar-refractivity contribution in [3.63, 3.8) is 0 Å². The molecule has 0 aromatic carbocycles. The Balaban J connectivity index is 2.07. The molecule has 1 fully saturated rings. The van der Waals surface area contributed by atoms with Crippen molar-refractivity contribution >= 4 is 34.0 Å². The first kappa shape index (κ1) is 11.0. The van der Waals surface area contributed by atoms with Crippen molar-refractivity contribution < 1.29 is 4.79 Å². The lowest BCUT2D eigenvalue weighted by Crippen LogP contribution is -2.19. The number of nitrogens with zero attached hydrogens (tertiary/aromatic N) is 2. The lowest BCUT2D eigenvalue weighted by molar-refractivity contribution is 0.102. The fourth-order valence-electron chi connectivity index (χ4n) is 1.67. The van der Waals surface area contributed by atoms with E-state index in [2.05, 4.69) is 16.1 Å². The quantitative estimate of drug-likeness (QED) is 0.761. The maximum Gasteiger partial charge on any atom is 0.185 e. The molecule has 15 heavy (non-hydrogen) atoms. The molecule has 2 rings (SSSR count). The molecule has 5 heteroatoms. The fourth-order valence-corrected chi connectivity index (χ4v) is 3.18. The van der Waals surface area contributed by atoms with E-state index in [1.54, 1.807) is 13.1 Å². The van der Waals surface area contributed by atoms with Gasteiger partial charge in [-0.3, -0.25) is 4.79 Å². The summed E-state index contributed by atoms with van der Waals surface area (Å²) in [6.07, 6.45) is 5.06. The molecule has 82 valence electrons. The second-order valence-electron chi connectivity index (χ2n) is 3.66. The standard InChI is InChI=1S/C10H14N2OS2/c1-7(13)9-5-11-10(15-9)12-4-3-8(6-12)14-2/h5,8H,3-4,6H2,1-2H3. The van der Waals surface area contributed by atoms with Gasteiger partial charge in [0, 0.05) is 25.3 Å². The van der Waals surface area contributed by atoms with Crippen molar-refractivity contribution in [2.24, 2.45) is 0 Å². The first-order valence-electron chi connectivity index (χ1n) is 4.95. The van der Waals surface area contributed by atoms with Crippen LogP contribution in [0.15, 0.2) is 6.20 Å². The Morgan fingerprint density at radius 2 is 2.53 bits per heavy atom. The lowest BCUT2D eigenvalue weighted by Gasteiger charge is -2.13. The van der Waals surface area contributed by atoms with Crippen molar-refractivity contribution in [3.05, 3.63) is 11.1 Å². The largest absolute Gasteiger partial charge is 0.347 e. The third-order valence-corrected chi connectivity index (χ3v) is 4.80. The minimum absolute atomic E-state index is 0.111. The van der Waals surface area contributed by atoms with E-state index in [-0.39, 0.29) is 5.78 Å². The van der Waals surface area contributed by atoms with Gasteiger partial charge in [0.1, 0.15) is 0 Å². The molecule has 1 atom stereocenters. The van der Waals surface area contributed by atoms with E-state index in [1.807, 2.05) is 11.8 Å². The van der Waals surface area contributed by atoms with Crippen LogP contribution in [0.3, 0.4) is 0 Å². The molecule has 1 aliphatic heterocycles. The normalized spacial score (nSPS) is 20.9. The van der Waals surface area contributed by atoms with Crippen LogP contribution in [0.1, 0.15) is 23.0 Å². The molecule has 1 aromatic rings. The van der Waals surface area contributed by atoms with Gasteiger partial charge in [-0.05, 0) is 12.7 Å². The van der Waals surface area contributed by atoms with Gasteiger partial charge in [-0.1, -0.05) is 11.3 Å². The highest BCUT2D eigenvalue weighted by Gasteiger charge is 2.23. The lowest BCUT2D eigenvalue weighted by atomic mass is 10.4. The first-order chi connectivity index (χ1) is 7.20. The summed E-state index contributed by atoms with van der Waals surface area (Å²) >= 11 is 3.42. The minimum atomic E-state index is 0.111. The molecular formula is C10H14N2OS2. The molecule has 0 saturated carbocycles. The molecule has 0 radical (unpaired) electrons. The van der Waals surface area contributed by atoms with Gasteiger partial charge >= 0.3 is 0 Å². The van der Waals surface area contributed by atoms with Gasteiger partial charge in [0.2, 0.25) is 0 Å². The zero-order valence-electron chi connectivity index (χ0n) is 8.90. The van der Waals surface area contributed by atoms with Gasteiger partial charge in [0.25, 0.3) is 0 Å². The summed E-state index contributed by atoms with van der Waals surface area (Å²) in [6, 6.07) is 0. The molecule has 1 unspecified atom stereocenters. The monoisotopic (exact) mass is 242 g/mol. The number of carbonyl (C=O) groups is 1. The van der Waals surface area contributed by atoms with E-state index in [4.69, 9.17) is 0 Å². The van der Waals surface area contributed by atoms with E-state index in [0.29, 0.717) is 0 Å². The van der Waals surface area contributed by atoms with E-state index < -0.39 is 0 Å². The van der Waals surface area contributed by atoms with Crippen LogP contribution in [0, 0.1) is 0 Å². The molecule has 0 amide bonds. The smallest absolute Gasteiger partial charge is 0.185 e. The number of carbonyl (C=O) groups excluding carboxylic acids is 1. The molecule has 1 aromatic heterocycles. The van der Waals surface area contributed by atoms with Crippen molar-refractivity contribution in [2.45, 2.75) is 18.6 Å². The van der Waals surface area contributed by atoms with E-state index in [1.165, 1.54) is 17.8 Å². The number of hydrogen-bond donors (Lipinski definition) is 0. The Kier molecular flexibility index (Phi) is 3.31. The van der Waals surface area contributed by atoms with Crippen molar-refractivity contribution in [2.75, 3.05) is 24.2 Å². The zero-order valence-corrected chi connectivity index (χ0v) is 10.5. The summed E-state index contributed by atoms with van der Waals surface area (Å²) in [7, 11) is 0. The topological polar surface area (TPSA) is 33.2 Å². The number of rotatable bonds is 3.